The lowest BCUT2D eigenvalue weighted by Crippen LogP contribution is -2.46. The fourth-order valence-corrected chi connectivity index (χ4v) is 2.38. The van der Waals surface area contributed by atoms with Gasteiger partial charge >= 0.3 is 5.97 Å². The highest BCUT2D eigenvalue weighted by Crippen LogP contribution is 2.30. The molecular weight excluding hydrogens is 217 g/mol. The van der Waals surface area contributed by atoms with Crippen molar-refractivity contribution in [2.45, 2.75) is 4.90 Å². The third-order valence-corrected chi connectivity index (χ3v) is 3.28. The largest absolute Gasteiger partial charge is 0.481 e. The Hall–Kier alpha value is -1.07. The highest BCUT2D eigenvalue weighted by atomic mass is 32.2. The molecule has 0 aromatic heterocycles. The molecule has 0 spiro atoms. The summed E-state index contributed by atoms with van der Waals surface area (Å²) in [6.07, 6.45) is 0. The highest BCUT2D eigenvalue weighted by molar-refractivity contribution is 7.97. The highest BCUT2D eigenvalue weighted by Gasteiger charge is 2.32. The van der Waals surface area contributed by atoms with Gasteiger partial charge in [0.1, 0.15) is 5.82 Å². The lowest BCUT2D eigenvalue weighted by molar-refractivity contribution is -0.145. The maximum atomic E-state index is 12.6. The van der Waals surface area contributed by atoms with Crippen molar-refractivity contribution in [1.82, 2.24) is 4.31 Å². The van der Waals surface area contributed by atoms with Crippen LogP contribution in [0.1, 0.15) is 0 Å². The lowest BCUT2D eigenvalue weighted by atomic mass is 10.0. The van der Waals surface area contributed by atoms with Crippen LogP contribution in [0.2, 0.25) is 0 Å². The fourth-order valence-electron chi connectivity index (χ4n) is 1.31. The maximum absolute atomic E-state index is 12.6. The number of halogens is 1. The molecule has 1 fully saturated rings. The van der Waals surface area contributed by atoms with E-state index in [1.165, 1.54) is 24.1 Å². The third kappa shape index (κ3) is 2.49. The molecule has 15 heavy (non-hydrogen) atoms. The summed E-state index contributed by atoms with van der Waals surface area (Å²) in [6.45, 7) is 1.11. The Balaban J connectivity index is 1.85. The number of benzene rings is 1. The van der Waals surface area contributed by atoms with E-state index in [-0.39, 0.29) is 11.7 Å². The second-order valence-electron chi connectivity index (χ2n) is 3.43. The molecule has 0 amide bonds. The number of carboxylic acid groups (broad SMARTS) is 1. The van der Waals surface area contributed by atoms with E-state index >= 15 is 0 Å². The molecule has 2 rings (SSSR count). The van der Waals surface area contributed by atoms with Gasteiger partial charge in [0.2, 0.25) is 0 Å². The van der Waals surface area contributed by atoms with E-state index in [9.17, 15) is 9.18 Å². The second kappa shape index (κ2) is 4.20. The van der Waals surface area contributed by atoms with Gasteiger partial charge in [-0.3, -0.25) is 4.79 Å². The van der Waals surface area contributed by atoms with Crippen molar-refractivity contribution in [2.75, 3.05) is 13.1 Å². The Morgan fingerprint density at radius 1 is 1.40 bits per heavy atom. The summed E-state index contributed by atoms with van der Waals surface area (Å²) in [5.74, 6) is -1.25. The molecule has 0 bridgehead atoms. The van der Waals surface area contributed by atoms with Crippen molar-refractivity contribution in [3.63, 3.8) is 0 Å². The lowest BCUT2D eigenvalue weighted by Gasteiger charge is -2.35. The predicted octanol–water partition coefficient (Wildman–Crippen LogP) is 1.85. The molecule has 1 aromatic carbocycles. The summed E-state index contributed by atoms with van der Waals surface area (Å²) in [4.78, 5) is 11.5. The molecule has 1 heterocycles. The summed E-state index contributed by atoms with van der Waals surface area (Å²) in [7, 11) is 0. The fraction of sp³-hybridized carbons (Fsp3) is 0.300. The van der Waals surface area contributed by atoms with E-state index in [4.69, 9.17) is 5.11 Å². The minimum Gasteiger partial charge on any atom is -0.481 e. The van der Waals surface area contributed by atoms with Crippen LogP contribution in [0.25, 0.3) is 0 Å². The van der Waals surface area contributed by atoms with E-state index in [0.717, 1.165) is 4.90 Å². The first-order valence-corrected chi connectivity index (χ1v) is 5.34. The average Bonchev–Trinajstić information content (AvgIpc) is 2.13. The zero-order valence-electron chi connectivity index (χ0n) is 7.89. The Kier molecular flexibility index (Phi) is 2.93. The van der Waals surface area contributed by atoms with Crippen molar-refractivity contribution in [3.8, 4) is 0 Å². The van der Waals surface area contributed by atoms with Gasteiger partial charge in [0.25, 0.3) is 0 Å². The van der Waals surface area contributed by atoms with Crippen molar-refractivity contribution in [1.29, 1.82) is 0 Å². The van der Waals surface area contributed by atoms with Gasteiger partial charge in [0.15, 0.2) is 0 Å². The first-order chi connectivity index (χ1) is 7.15. The van der Waals surface area contributed by atoms with Crippen molar-refractivity contribution >= 4 is 17.9 Å². The summed E-state index contributed by atoms with van der Waals surface area (Å²) in [6, 6.07) is 6.18. The van der Waals surface area contributed by atoms with Gasteiger partial charge in [-0.1, -0.05) is 0 Å². The molecule has 5 heteroatoms. The van der Waals surface area contributed by atoms with Crippen LogP contribution >= 0.6 is 11.9 Å². The van der Waals surface area contributed by atoms with Crippen LogP contribution in [0.3, 0.4) is 0 Å². The second-order valence-corrected chi connectivity index (χ2v) is 4.60. The molecule has 1 N–H and O–H groups in total. The summed E-state index contributed by atoms with van der Waals surface area (Å²) in [5.41, 5.74) is 0. The molecule has 0 saturated carbocycles. The molecule has 1 aromatic rings. The van der Waals surface area contributed by atoms with E-state index < -0.39 is 5.97 Å². The molecule has 0 unspecified atom stereocenters. The number of carbonyl (C=O) groups is 1. The van der Waals surface area contributed by atoms with Gasteiger partial charge in [0.05, 0.1) is 5.92 Å². The standard InChI is InChI=1S/C10H10FNO2S/c11-8-1-3-9(4-2-8)15-12-5-7(6-12)10(13)14/h1-4,7H,5-6H2,(H,13,14). The van der Waals surface area contributed by atoms with Crippen molar-refractivity contribution < 1.29 is 14.3 Å². The van der Waals surface area contributed by atoms with Crippen LogP contribution in [0.15, 0.2) is 29.2 Å². The summed E-state index contributed by atoms with van der Waals surface area (Å²) >= 11 is 1.46. The normalized spacial score (nSPS) is 17.4. The van der Waals surface area contributed by atoms with Crippen LogP contribution in [-0.4, -0.2) is 28.5 Å². The van der Waals surface area contributed by atoms with E-state index in [1.807, 2.05) is 4.31 Å². The average molecular weight is 227 g/mol. The number of nitrogens with zero attached hydrogens (tertiary/aromatic N) is 1. The topological polar surface area (TPSA) is 40.5 Å². The molecule has 1 aliphatic rings. The number of rotatable bonds is 3. The maximum Gasteiger partial charge on any atom is 0.309 e. The number of aliphatic carboxylic acids is 1. The monoisotopic (exact) mass is 227 g/mol. The Morgan fingerprint density at radius 3 is 2.53 bits per heavy atom. The molecule has 80 valence electrons. The first kappa shape index (κ1) is 10.4. The minimum atomic E-state index is -0.744. The predicted molar refractivity (Wildman–Crippen MR) is 55.0 cm³/mol. The van der Waals surface area contributed by atoms with Gasteiger partial charge < -0.3 is 5.11 Å². The van der Waals surface area contributed by atoms with E-state index in [2.05, 4.69) is 0 Å². The molecule has 0 atom stereocenters. The van der Waals surface area contributed by atoms with Gasteiger partial charge in [-0.15, -0.1) is 0 Å². The zero-order chi connectivity index (χ0) is 10.8. The zero-order valence-corrected chi connectivity index (χ0v) is 8.71. The molecule has 1 saturated heterocycles. The number of hydrogen-bond donors (Lipinski definition) is 1. The summed E-state index contributed by atoms with van der Waals surface area (Å²) in [5, 5.41) is 8.67. The summed E-state index contributed by atoms with van der Waals surface area (Å²) < 4.78 is 14.5. The Bertz CT molecular complexity index is 362. The van der Waals surface area contributed by atoms with Crippen LogP contribution in [-0.2, 0) is 4.79 Å². The van der Waals surface area contributed by atoms with Crippen LogP contribution in [0, 0.1) is 11.7 Å². The first-order valence-electron chi connectivity index (χ1n) is 4.56. The van der Waals surface area contributed by atoms with Gasteiger partial charge in [-0.25, -0.2) is 8.70 Å². The SMILES string of the molecule is O=C(O)C1CN(Sc2ccc(F)cc2)C1. The van der Waals surface area contributed by atoms with Crippen LogP contribution in [0.5, 0.6) is 0 Å². The van der Waals surface area contributed by atoms with Crippen LogP contribution < -0.4 is 0 Å². The third-order valence-electron chi connectivity index (χ3n) is 2.25. The van der Waals surface area contributed by atoms with Gasteiger partial charge in [0, 0.05) is 18.0 Å². The minimum absolute atomic E-state index is 0.252. The smallest absolute Gasteiger partial charge is 0.309 e. The van der Waals surface area contributed by atoms with Crippen molar-refractivity contribution in [2.24, 2.45) is 5.92 Å². The van der Waals surface area contributed by atoms with Gasteiger partial charge in [-0.2, -0.15) is 0 Å². The Labute approximate surface area is 91.0 Å². The number of hydrogen-bond acceptors (Lipinski definition) is 3. The Morgan fingerprint density at radius 2 is 2.00 bits per heavy atom. The molecule has 1 aliphatic heterocycles. The van der Waals surface area contributed by atoms with Crippen molar-refractivity contribution in [3.05, 3.63) is 30.1 Å². The van der Waals surface area contributed by atoms with Gasteiger partial charge in [-0.05, 0) is 36.2 Å². The molecule has 0 aliphatic carbocycles. The van der Waals surface area contributed by atoms with E-state index in [1.54, 1.807) is 12.1 Å². The molecule has 0 radical (unpaired) electrons. The number of carboxylic acids is 1. The quantitative estimate of drug-likeness (QED) is 0.800. The molecule has 3 nitrogen and oxygen atoms in total. The van der Waals surface area contributed by atoms with Crippen LogP contribution in [0.4, 0.5) is 4.39 Å². The molecular formula is C10H10FNO2S. The van der Waals surface area contributed by atoms with E-state index in [0.29, 0.717) is 13.1 Å².